The Morgan fingerprint density at radius 2 is 2.17 bits per heavy atom. The molecule has 0 bridgehead atoms. The first-order valence-electron chi connectivity index (χ1n) is 7.20. The summed E-state index contributed by atoms with van der Waals surface area (Å²) >= 11 is 1.42. The van der Waals surface area contributed by atoms with Crippen molar-refractivity contribution >= 4 is 28.7 Å². The topological polar surface area (TPSA) is 72.6 Å². The Balaban J connectivity index is 1.89. The van der Waals surface area contributed by atoms with Crippen LogP contribution in [0.25, 0.3) is 11.0 Å². The summed E-state index contributed by atoms with van der Waals surface area (Å²) in [6.45, 7) is 3.72. The largest absolute Gasteiger partial charge is 0.505 e. The molecule has 3 aromatic rings. The fraction of sp³-hybridized carbons (Fsp3) is 0.111. The number of aromatic nitrogens is 1. The van der Waals surface area contributed by atoms with Crippen LogP contribution in [0.1, 0.15) is 16.1 Å². The first-order chi connectivity index (χ1) is 11.6. The maximum Gasteiger partial charge on any atom is 0.360 e. The summed E-state index contributed by atoms with van der Waals surface area (Å²) in [5, 5.41) is 11.2. The second-order valence-electron chi connectivity index (χ2n) is 5.03. The number of allylic oxidation sites excluding steroid dienone is 1. The molecular formula is C18H15NO4S. The lowest BCUT2D eigenvalue weighted by molar-refractivity contribution is 0.0591. The van der Waals surface area contributed by atoms with Crippen LogP contribution in [0.4, 0.5) is 0 Å². The highest BCUT2D eigenvalue weighted by atomic mass is 32.2. The standard InChI is InChI=1S/C18H15NO4S/c1-3-4-11-5-7-12(8-6-11)24-15-9-13-14(23-15)10-19-16(17(13)20)18(21)22-2/h3,5-10,20H,1,4H2,2H3. The summed E-state index contributed by atoms with van der Waals surface area (Å²) in [6.07, 6.45) is 4.08. The van der Waals surface area contributed by atoms with E-state index in [9.17, 15) is 9.90 Å². The molecule has 0 aliphatic carbocycles. The zero-order valence-electron chi connectivity index (χ0n) is 13.0. The van der Waals surface area contributed by atoms with Crippen LogP contribution in [0, 0.1) is 0 Å². The molecule has 1 aromatic carbocycles. The summed E-state index contributed by atoms with van der Waals surface area (Å²) in [7, 11) is 1.24. The van der Waals surface area contributed by atoms with Gasteiger partial charge in [-0.25, -0.2) is 9.78 Å². The summed E-state index contributed by atoms with van der Waals surface area (Å²) in [4.78, 5) is 16.5. The van der Waals surface area contributed by atoms with Crippen molar-refractivity contribution in [2.45, 2.75) is 16.4 Å². The third kappa shape index (κ3) is 3.14. The van der Waals surface area contributed by atoms with Gasteiger partial charge in [-0.15, -0.1) is 6.58 Å². The highest BCUT2D eigenvalue weighted by Gasteiger charge is 2.19. The number of ether oxygens (including phenoxy) is 1. The van der Waals surface area contributed by atoms with E-state index in [1.165, 1.54) is 30.6 Å². The highest BCUT2D eigenvalue weighted by molar-refractivity contribution is 7.99. The summed E-state index contributed by atoms with van der Waals surface area (Å²) in [5.74, 6) is -0.932. The molecule has 0 fully saturated rings. The summed E-state index contributed by atoms with van der Waals surface area (Å²) < 4.78 is 10.3. The predicted molar refractivity (Wildman–Crippen MR) is 91.5 cm³/mol. The molecular weight excluding hydrogens is 326 g/mol. The number of rotatable bonds is 5. The van der Waals surface area contributed by atoms with E-state index >= 15 is 0 Å². The normalized spacial score (nSPS) is 10.7. The molecule has 2 aromatic heterocycles. The number of benzene rings is 1. The number of carbonyl (C=O) groups excluding carboxylic acids is 1. The number of fused-ring (bicyclic) bond motifs is 1. The number of furan rings is 1. The second kappa shape index (κ2) is 6.80. The van der Waals surface area contributed by atoms with Gasteiger partial charge >= 0.3 is 5.97 Å². The van der Waals surface area contributed by atoms with Crippen LogP contribution in [-0.2, 0) is 11.2 Å². The van der Waals surface area contributed by atoms with Crippen molar-refractivity contribution in [3.8, 4) is 5.75 Å². The Bertz CT molecular complexity index is 899. The lowest BCUT2D eigenvalue weighted by atomic mass is 10.2. The van der Waals surface area contributed by atoms with Gasteiger partial charge in [0.15, 0.2) is 22.1 Å². The van der Waals surface area contributed by atoms with Gasteiger partial charge in [-0.05, 0) is 24.1 Å². The number of methoxy groups -OCH3 is 1. The quantitative estimate of drug-likeness (QED) is 0.554. The molecule has 0 saturated carbocycles. The Hall–Kier alpha value is -2.73. The van der Waals surface area contributed by atoms with Crippen molar-refractivity contribution in [1.82, 2.24) is 4.98 Å². The second-order valence-corrected chi connectivity index (χ2v) is 6.11. The zero-order valence-corrected chi connectivity index (χ0v) is 13.8. The molecule has 122 valence electrons. The fourth-order valence-corrected chi connectivity index (χ4v) is 3.06. The van der Waals surface area contributed by atoms with E-state index in [4.69, 9.17) is 4.42 Å². The molecule has 1 N–H and O–H groups in total. The molecule has 0 radical (unpaired) electrons. The first kappa shape index (κ1) is 16.1. The number of nitrogens with zero attached hydrogens (tertiary/aromatic N) is 1. The number of hydrogen-bond donors (Lipinski definition) is 1. The first-order valence-corrected chi connectivity index (χ1v) is 8.01. The van der Waals surface area contributed by atoms with E-state index in [-0.39, 0.29) is 11.4 Å². The smallest absolute Gasteiger partial charge is 0.360 e. The minimum atomic E-state index is -0.692. The third-order valence-corrected chi connectivity index (χ3v) is 4.34. The SMILES string of the molecule is C=CCc1ccc(Sc2cc3c(O)c(C(=O)OC)ncc3o2)cc1. The number of pyridine rings is 1. The summed E-state index contributed by atoms with van der Waals surface area (Å²) in [6, 6.07) is 9.73. The van der Waals surface area contributed by atoms with Crippen molar-refractivity contribution in [1.29, 1.82) is 0 Å². The van der Waals surface area contributed by atoms with Crippen LogP contribution < -0.4 is 0 Å². The summed E-state index contributed by atoms with van der Waals surface area (Å²) in [5.41, 5.74) is 1.46. The van der Waals surface area contributed by atoms with Crippen LogP contribution in [0.3, 0.4) is 0 Å². The number of esters is 1. The molecule has 0 aliphatic heterocycles. The van der Waals surface area contributed by atoms with Gasteiger partial charge in [0, 0.05) is 11.0 Å². The van der Waals surface area contributed by atoms with Gasteiger partial charge in [-0.3, -0.25) is 0 Å². The van der Waals surface area contributed by atoms with Gasteiger partial charge in [0.25, 0.3) is 0 Å². The number of carbonyl (C=O) groups is 1. The average molecular weight is 341 g/mol. The Labute approximate surface area is 143 Å². The molecule has 0 amide bonds. The molecule has 0 aliphatic rings. The van der Waals surface area contributed by atoms with E-state index in [1.54, 1.807) is 6.07 Å². The van der Waals surface area contributed by atoms with E-state index in [2.05, 4.69) is 16.3 Å². The Morgan fingerprint density at radius 1 is 1.42 bits per heavy atom. The van der Waals surface area contributed by atoms with Crippen molar-refractivity contribution in [3.63, 3.8) is 0 Å². The van der Waals surface area contributed by atoms with E-state index in [1.807, 2.05) is 30.3 Å². The predicted octanol–water partition coefficient (Wildman–Crippen LogP) is 4.20. The third-order valence-electron chi connectivity index (χ3n) is 3.43. The molecule has 0 saturated heterocycles. The minimum Gasteiger partial charge on any atom is -0.505 e. The van der Waals surface area contributed by atoms with Crippen LogP contribution >= 0.6 is 11.8 Å². The van der Waals surface area contributed by atoms with Crippen LogP contribution in [0.15, 0.2) is 63.6 Å². The van der Waals surface area contributed by atoms with Gasteiger partial charge in [-0.2, -0.15) is 0 Å². The zero-order chi connectivity index (χ0) is 17.1. The molecule has 0 atom stereocenters. The maximum atomic E-state index is 11.6. The van der Waals surface area contributed by atoms with Crippen LogP contribution in [-0.4, -0.2) is 23.2 Å². The average Bonchev–Trinajstić information content (AvgIpc) is 3.00. The van der Waals surface area contributed by atoms with Gasteiger partial charge in [0.05, 0.1) is 18.7 Å². The Kier molecular flexibility index (Phi) is 4.57. The van der Waals surface area contributed by atoms with E-state index in [0.29, 0.717) is 16.1 Å². The molecule has 0 unspecified atom stereocenters. The molecule has 0 spiro atoms. The molecule has 5 nitrogen and oxygen atoms in total. The number of aromatic hydroxyl groups is 1. The van der Waals surface area contributed by atoms with Crippen molar-refractivity contribution in [2.75, 3.05) is 7.11 Å². The van der Waals surface area contributed by atoms with Crippen LogP contribution in [0.2, 0.25) is 0 Å². The maximum absolute atomic E-state index is 11.6. The van der Waals surface area contributed by atoms with Gasteiger partial charge < -0.3 is 14.3 Å². The fourth-order valence-electron chi connectivity index (χ4n) is 2.25. The van der Waals surface area contributed by atoms with Crippen LogP contribution in [0.5, 0.6) is 5.75 Å². The molecule has 2 heterocycles. The van der Waals surface area contributed by atoms with Gasteiger partial charge in [0.1, 0.15) is 0 Å². The monoisotopic (exact) mass is 341 g/mol. The lowest BCUT2D eigenvalue weighted by Gasteiger charge is -2.00. The van der Waals surface area contributed by atoms with Crippen molar-refractivity contribution in [2.24, 2.45) is 0 Å². The van der Waals surface area contributed by atoms with Gasteiger partial charge in [0.2, 0.25) is 0 Å². The van der Waals surface area contributed by atoms with Crippen molar-refractivity contribution in [3.05, 3.63) is 60.4 Å². The minimum absolute atomic E-state index is 0.129. The number of hydrogen-bond acceptors (Lipinski definition) is 6. The van der Waals surface area contributed by atoms with Crippen molar-refractivity contribution < 1.29 is 19.1 Å². The molecule has 6 heteroatoms. The van der Waals surface area contributed by atoms with E-state index < -0.39 is 5.97 Å². The Morgan fingerprint density at radius 3 is 2.83 bits per heavy atom. The highest BCUT2D eigenvalue weighted by Crippen LogP contribution is 2.36. The molecule has 3 rings (SSSR count). The molecule has 24 heavy (non-hydrogen) atoms. The lowest BCUT2D eigenvalue weighted by Crippen LogP contribution is -2.04. The van der Waals surface area contributed by atoms with Gasteiger partial charge in [-0.1, -0.05) is 30.0 Å². The van der Waals surface area contributed by atoms with E-state index in [0.717, 1.165) is 11.3 Å².